The molecule has 4 nitrogen and oxygen atoms in total. The van der Waals surface area contributed by atoms with Gasteiger partial charge in [0.25, 0.3) is 0 Å². The van der Waals surface area contributed by atoms with E-state index in [1.165, 1.54) is 5.57 Å². The van der Waals surface area contributed by atoms with Crippen molar-refractivity contribution in [1.29, 1.82) is 0 Å². The molecule has 2 N–H and O–H groups in total. The first kappa shape index (κ1) is 21.1. The molecule has 4 heteroatoms. The molecule has 1 aliphatic rings. The van der Waals surface area contributed by atoms with Gasteiger partial charge in [0.05, 0.1) is 24.9 Å². The fraction of sp³-hybridized carbons (Fsp3) is 0.750. The van der Waals surface area contributed by atoms with Crippen molar-refractivity contribution in [2.24, 2.45) is 5.92 Å². The monoisotopic (exact) mass is 338 g/mol. The molecule has 0 aromatic rings. The Morgan fingerprint density at radius 3 is 2.79 bits per heavy atom. The van der Waals surface area contributed by atoms with Crippen LogP contribution in [0.25, 0.3) is 0 Å². The van der Waals surface area contributed by atoms with E-state index < -0.39 is 11.7 Å². The Kier molecular flexibility index (Phi) is 8.88. The molecule has 0 bridgehead atoms. The van der Waals surface area contributed by atoms with Gasteiger partial charge < -0.3 is 14.9 Å². The first-order valence-corrected chi connectivity index (χ1v) is 9.05. The van der Waals surface area contributed by atoms with Crippen LogP contribution < -0.4 is 0 Å². The zero-order chi connectivity index (χ0) is 18.2. The number of hydrogen-bond donors (Lipinski definition) is 2. The van der Waals surface area contributed by atoms with Gasteiger partial charge in [0.1, 0.15) is 5.78 Å². The molecule has 1 aliphatic heterocycles. The minimum Gasteiger partial charge on any atom is -0.392 e. The highest BCUT2D eigenvalue weighted by Gasteiger charge is 2.35. The Bertz CT molecular complexity index is 462. The molecule has 1 rings (SSSR count). The number of carbonyl (C=O) groups is 1. The van der Waals surface area contributed by atoms with Gasteiger partial charge in [0.2, 0.25) is 0 Å². The third kappa shape index (κ3) is 6.88. The van der Waals surface area contributed by atoms with Crippen molar-refractivity contribution in [3.63, 3.8) is 0 Å². The van der Waals surface area contributed by atoms with Gasteiger partial charge in [0, 0.05) is 12.3 Å². The number of carbonyl (C=O) groups excluding carboxylic acids is 1. The summed E-state index contributed by atoms with van der Waals surface area (Å²) in [7, 11) is 0. The summed E-state index contributed by atoms with van der Waals surface area (Å²) in [4.78, 5) is 12.1. The number of hydrogen-bond acceptors (Lipinski definition) is 4. The van der Waals surface area contributed by atoms with E-state index >= 15 is 0 Å². The average Bonchev–Trinajstić information content (AvgIpc) is 2.66. The van der Waals surface area contributed by atoms with Crippen LogP contribution in [0.15, 0.2) is 23.3 Å². The van der Waals surface area contributed by atoms with Gasteiger partial charge in [-0.3, -0.25) is 4.79 Å². The minimum absolute atomic E-state index is 0.0107. The van der Waals surface area contributed by atoms with Gasteiger partial charge in [-0.1, -0.05) is 24.6 Å². The van der Waals surface area contributed by atoms with E-state index in [9.17, 15) is 9.90 Å². The zero-order valence-corrected chi connectivity index (χ0v) is 15.7. The van der Waals surface area contributed by atoms with E-state index in [0.29, 0.717) is 19.4 Å². The Morgan fingerprint density at radius 1 is 1.46 bits per heavy atom. The minimum atomic E-state index is -0.576. The summed E-state index contributed by atoms with van der Waals surface area (Å²) in [5, 5.41) is 19.4. The first-order valence-electron chi connectivity index (χ1n) is 9.05. The number of Topliss-reactive ketones (excluding diaryl/α,β-unsaturated/α-hetero) is 1. The maximum Gasteiger partial charge on any atom is 0.139 e. The highest BCUT2D eigenvalue weighted by molar-refractivity contribution is 5.82. The Labute approximate surface area is 146 Å². The average molecular weight is 338 g/mol. The van der Waals surface area contributed by atoms with Crippen molar-refractivity contribution in [3.8, 4) is 0 Å². The summed E-state index contributed by atoms with van der Waals surface area (Å²) >= 11 is 0. The number of rotatable bonds is 8. The smallest absolute Gasteiger partial charge is 0.139 e. The van der Waals surface area contributed by atoms with E-state index in [4.69, 9.17) is 9.84 Å². The molecular weight excluding hydrogens is 304 g/mol. The van der Waals surface area contributed by atoms with E-state index in [1.54, 1.807) is 6.08 Å². The quantitative estimate of drug-likeness (QED) is 0.664. The first-order chi connectivity index (χ1) is 11.3. The van der Waals surface area contributed by atoms with E-state index in [0.717, 1.165) is 31.3 Å². The predicted molar refractivity (Wildman–Crippen MR) is 96.8 cm³/mol. The molecule has 0 amide bonds. The lowest BCUT2D eigenvalue weighted by atomic mass is 9.87. The second-order valence-electron chi connectivity index (χ2n) is 7.45. The van der Waals surface area contributed by atoms with Crippen LogP contribution in [0, 0.1) is 5.92 Å². The van der Waals surface area contributed by atoms with E-state index in [2.05, 4.69) is 0 Å². The molecule has 24 heavy (non-hydrogen) atoms. The molecule has 3 atom stereocenters. The maximum absolute atomic E-state index is 12.1. The van der Waals surface area contributed by atoms with Crippen molar-refractivity contribution in [2.45, 2.75) is 77.9 Å². The number of ether oxygens (including phenoxy) is 1. The van der Waals surface area contributed by atoms with Crippen molar-refractivity contribution in [1.82, 2.24) is 0 Å². The molecule has 0 aromatic heterocycles. The van der Waals surface area contributed by atoms with Crippen LogP contribution in [0.3, 0.4) is 0 Å². The molecule has 1 fully saturated rings. The Morgan fingerprint density at radius 2 is 2.17 bits per heavy atom. The highest BCUT2D eigenvalue weighted by atomic mass is 16.5. The predicted octanol–water partition coefficient (Wildman–Crippen LogP) is 3.57. The number of aliphatic hydroxyl groups is 2. The second-order valence-corrected chi connectivity index (χ2v) is 7.45. The molecule has 0 spiro atoms. The van der Waals surface area contributed by atoms with Crippen LogP contribution in [0.2, 0.25) is 0 Å². The lowest BCUT2D eigenvalue weighted by molar-refractivity contribution is -0.122. The van der Waals surface area contributed by atoms with Crippen molar-refractivity contribution in [3.05, 3.63) is 23.3 Å². The lowest BCUT2D eigenvalue weighted by Gasteiger charge is -2.33. The molecule has 1 saturated heterocycles. The van der Waals surface area contributed by atoms with Crippen LogP contribution in [-0.2, 0) is 9.53 Å². The topological polar surface area (TPSA) is 66.8 Å². The summed E-state index contributed by atoms with van der Waals surface area (Å²) in [5.41, 5.74) is 1.64. The molecule has 1 heterocycles. The summed E-state index contributed by atoms with van der Waals surface area (Å²) < 4.78 is 5.97. The Hall–Kier alpha value is -0.970. The van der Waals surface area contributed by atoms with Crippen molar-refractivity contribution < 1.29 is 19.7 Å². The number of aliphatic hydroxyl groups excluding tert-OH is 2. The summed E-state index contributed by atoms with van der Waals surface area (Å²) in [6.45, 7) is 8.41. The molecule has 1 unspecified atom stereocenters. The molecule has 0 radical (unpaired) electrons. The molecular formula is C20H34O4. The van der Waals surface area contributed by atoms with Crippen LogP contribution >= 0.6 is 0 Å². The van der Waals surface area contributed by atoms with Gasteiger partial charge in [-0.15, -0.1) is 0 Å². The number of allylic oxidation sites excluding steroid dienone is 2. The van der Waals surface area contributed by atoms with Gasteiger partial charge in [-0.25, -0.2) is 0 Å². The van der Waals surface area contributed by atoms with Gasteiger partial charge >= 0.3 is 0 Å². The van der Waals surface area contributed by atoms with E-state index in [-0.39, 0.29) is 18.3 Å². The van der Waals surface area contributed by atoms with Crippen LogP contribution in [0.5, 0.6) is 0 Å². The fourth-order valence-electron chi connectivity index (χ4n) is 3.01. The van der Waals surface area contributed by atoms with Gasteiger partial charge in [0.15, 0.2) is 0 Å². The fourth-order valence-corrected chi connectivity index (χ4v) is 3.01. The van der Waals surface area contributed by atoms with Crippen LogP contribution in [0.1, 0.15) is 66.2 Å². The summed E-state index contributed by atoms with van der Waals surface area (Å²) in [6.07, 6.45) is 7.56. The van der Waals surface area contributed by atoms with Crippen molar-refractivity contribution in [2.75, 3.05) is 13.2 Å². The van der Waals surface area contributed by atoms with Gasteiger partial charge in [-0.2, -0.15) is 0 Å². The standard InChI is InChI=1S/C20H34O4/c1-15(2)7-9-18(22)16(3)6-5-12-20(4)19(23)10-8-17(11-13-21)14-24-20/h7,11,16,19,21,23H,5-6,8-10,12-14H2,1-4H3/t16?,19-,20-/m0/s1. The largest absolute Gasteiger partial charge is 0.392 e. The number of ketones is 1. The maximum atomic E-state index is 12.1. The molecule has 0 aliphatic carbocycles. The zero-order valence-electron chi connectivity index (χ0n) is 15.7. The van der Waals surface area contributed by atoms with Crippen molar-refractivity contribution >= 4 is 5.78 Å². The third-order valence-electron chi connectivity index (χ3n) is 4.98. The van der Waals surface area contributed by atoms with Gasteiger partial charge in [-0.05, 0) is 58.4 Å². The SMILES string of the molecule is CC(C)=CCC(=O)C(C)CCC[C@]1(C)OCC(=CCO)CC[C@@H]1O. The summed E-state index contributed by atoms with van der Waals surface area (Å²) in [6, 6.07) is 0. The third-order valence-corrected chi connectivity index (χ3v) is 4.98. The molecule has 0 aromatic carbocycles. The van der Waals surface area contributed by atoms with E-state index in [1.807, 2.05) is 33.8 Å². The molecule has 138 valence electrons. The lowest BCUT2D eigenvalue weighted by Crippen LogP contribution is -2.41. The summed E-state index contributed by atoms with van der Waals surface area (Å²) in [5.74, 6) is 0.314. The van der Waals surface area contributed by atoms with Crippen LogP contribution in [0.4, 0.5) is 0 Å². The highest BCUT2D eigenvalue weighted by Crippen LogP contribution is 2.31. The van der Waals surface area contributed by atoms with Crippen LogP contribution in [-0.4, -0.2) is 40.9 Å². The normalized spacial score (nSPS) is 27.6. The second kappa shape index (κ2) is 10.1. The Balaban J connectivity index is 2.48. The molecule has 0 saturated carbocycles.